The van der Waals surface area contributed by atoms with Gasteiger partial charge in [-0.2, -0.15) is 0 Å². The van der Waals surface area contributed by atoms with E-state index < -0.39 is 5.03 Å². The van der Waals surface area contributed by atoms with Crippen LogP contribution in [0.1, 0.15) is 13.8 Å². The molecule has 0 radical (unpaired) electrons. The maximum Gasteiger partial charge on any atom is 1.00 e. The Hall–Kier alpha value is 0.200. The van der Waals surface area contributed by atoms with E-state index in [0.717, 1.165) is 0 Å². The molecule has 0 aromatic rings. The van der Waals surface area contributed by atoms with E-state index in [-0.39, 0.29) is 35.6 Å². The fourth-order valence-corrected chi connectivity index (χ4v) is 0.189. The quantitative estimate of drug-likeness (QED) is 0.243. The van der Waals surface area contributed by atoms with Crippen molar-refractivity contribution >= 4 is 0 Å². The maximum atomic E-state index is 9.45. The zero-order valence-corrected chi connectivity index (χ0v) is 7.29. The summed E-state index contributed by atoms with van der Waals surface area (Å²) in [4.78, 5) is 9.45. The van der Waals surface area contributed by atoms with Gasteiger partial charge in [0.2, 0.25) is 0 Å². The van der Waals surface area contributed by atoms with Gasteiger partial charge in [-0.25, -0.2) is 0 Å². The van der Waals surface area contributed by atoms with Crippen molar-refractivity contribution in [3.63, 3.8) is 0 Å². The van der Waals surface area contributed by atoms with Gasteiger partial charge in [0.05, 0.1) is 0 Å². The van der Waals surface area contributed by atoms with Gasteiger partial charge in [-0.3, -0.25) is 10.1 Å². The average Bonchev–Trinajstić information content (AvgIpc) is 1.27. The summed E-state index contributed by atoms with van der Waals surface area (Å²) in [6, 6.07) is -0.199. The first kappa shape index (κ1) is 11.1. The number of hydrogen-bond acceptors (Lipinski definition) is 2. The van der Waals surface area contributed by atoms with Crippen molar-refractivity contribution < 1.29 is 34.6 Å². The van der Waals surface area contributed by atoms with E-state index >= 15 is 0 Å². The number of nitrogens with zero attached hydrogens (tertiary/aromatic N) is 2. The Labute approximate surface area is 70.1 Å². The molecule has 0 aliphatic carbocycles. The van der Waals surface area contributed by atoms with Crippen molar-refractivity contribution in [3.05, 3.63) is 15.5 Å². The first-order valence-electron chi connectivity index (χ1n) is 1.98. The fourth-order valence-electron chi connectivity index (χ4n) is 0.189. The molecule has 0 spiro atoms. The molecular formula is C3H7N2NaO2. The number of hydrogen-bond donors (Lipinski definition) is 0. The second-order valence-electron chi connectivity index (χ2n) is 1.45. The van der Waals surface area contributed by atoms with Gasteiger partial charge in [-0.1, -0.05) is 19.9 Å². The third-order valence-electron chi connectivity index (χ3n) is 0.325. The van der Waals surface area contributed by atoms with Gasteiger partial charge >= 0.3 is 29.6 Å². The van der Waals surface area contributed by atoms with E-state index in [4.69, 9.17) is 0 Å². The Bertz CT molecular complexity index is 75.7. The Kier molecular flexibility index (Phi) is 7.38. The summed E-state index contributed by atoms with van der Waals surface area (Å²) in [6.07, 6.45) is 0. The monoisotopic (exact) mass is 126 g/mol. The molecule has 8 heavy (non-hydrogen) atoms. The molecule has 0 aliphatic heterocycles. The van der Waals surface area contributed by atoms with E-state index in [2.05, 4.69) is 5.43 Å². The van der Waals surface area contributed by atoms with Crippen LogP contribution in [0.4, 0.5) is 0 Å². The summed E-state index contributed by atoms with van der Waals surface area (Å²) in [7, 11) is 0. The molecule has 0 bridgehead atoms. The van der Waals surface area contributed by atoms with Crippen LogP contribution in [0.25, 0.3) is 5.43 Å². The van der Waals surface area contributed by atoms with Gasteiger partial charge in [0.25, 0.3) is 0 Å². The predicted molar refractivity (Wildman–Crippen MR) is 25.5 cm³/mol. The molecule has 0 aromatic heterocycles. The molecular weight excluding hydrogens is 119 g/mol. The van der Waals surface area contributed by atoms with Crippen LogP contribution in [0.3, 0.4) is 0 Å². The molecule has 0 rings (SSSR count). The molecule has 0 aliphatic rings. The molecule has 5 heteroatoms. The van der Waals surface area contributed by atoms with Crippen LogP contribution in [-0.4, -0.2) is 11.1 Å². The van der Waals surface area contributed by atoms with Crippen molar-refractivity contribution in [2.75, 3.05) is 0 Å². The van der Waals surface area contributed by atoms with Crippen molar-refractivity contribution in [2.45, 2.75) is 19.9 Å². The van der Waals surface area contributed by atoms with Crippen molar-refractivity contribution in [1.29, 1.82) is 0 Å². The van der Waals surface area contributed by atoms with Crippen molar-refractivity contribution in [1.82, 2.24) is 0 Å². The smallest absolute Gasteiger partial charge is 0.376 e. The SMILES string of the molecule is CC(C)[N-][N+](=O)[O-].[Na+]. The molecule has 0 atom stereocenters. The van der Waals surface area contributed by atoms with Crippen LogP contribution >= 0.6 is 0 Å². The van der Waals surface area contributed by atoms with Crippen molar-refractivity contribution in [3.8, 4) is 0 Å². The normalized spacial score (nSPS) is 7.88. The Balaban J connectivity index is 0. The Morgan fingerprint density at radius 2 is 2.00 bits per heavy atom. The third kappa shape index (κ3) is 9.50. The number of rotatable bonds is 2. The molecule has 0 saturated heterocycles. The van der Waals surface area contributed by atoms with Gasteiger partial charge < -0.3 is 5.43 Å². The first-order valence-corrected chi connectivity index (χ1v) is 1.98. The molecule has 0 N–H and O–H groups in total. The second-order valence-corrected chi connectivity index (χ2v) is 1.45. The Morgan fingerprint density at radius 3 is 2.00 bits per heavy atom. The van der Waals surface area contributed by atoms with Gasteiger partial charge in [-0.15, -0.1) is 0 Å². The fraction of sp³-hybridized carbons (Fsp3) is 1.00. The second kappa shape index (κ2) is 5.34. The molecule has 42 valence electrons. The number of nitro groups is 1. The molecule has 0 aromatic carbocycles. The summed E-state index contributed by atoms with van der Waals surface area (Å²) in [5, 5.41) is 8.77. The minimum Gasteiger partial charge on any atom is -0.376 e. The van der Waals surface area contributed by atoms with Crippen LogP contribution < -0.4 is 29.6 Å². The summed E-state index contributed by atoms with van der Waals surface area (Å²) in [5.74, 6) is 0. The van der Waals surface area contributed by atoms with Gasteiger partial charge in [-0.05, 0) is 5.03 Å². The third-order valence-corrected chi connectivity index (χ3v) is 0.325. The molecule has 0 amide bonds. The molecule has 0 fully saturated rings. The van der Waals surface area contributed by atoms with E-state index in [0.29, 0.717) is 0 Å². The zero-order chi connectivity index (χ0) is 5.86. The van der Waals surface area contributed by atoms with Gasteiger partial charge in [0.1, 0.15) is 0 Å². The molecule has 0 heterocycles. The van der Waals surface area contributed by atoms with E-state index in [1.807, 2.05) is 0 Å². The first-order chi connectivity index (χ1) is 3.13. The zero-order valence-electron chi connectivity index (χ0n) is 5.29. The minimum atomic E-state index is -0.676. The van der Waals surface area contributed by atoms with Crippen LogP contribution in [0, 0.1) is 10.1 Å². The molecule has 0 unspecified atom stereocenters. The van der Waals surface area contributed by atoms with E-state index in [9.17, 15) is 10.1 Å². The predicted octanol–water partition coefficient (Wildman–Crippen LogP) is -2.04. The van der Waals surface area contributed by atoms with E-state index in [1.165, 1.54) is 0 Å². The van der Waals surface area contributed by atoms with Crippen molar-refractivity contribution in [2.24, 2.45) is 0 Å². The Morgan fingerprint density at radius 1 is 1.62 bits per heavy atom. The summed E-state index contributed by atoms with van der Waals surface area (Å²) >= 11 is 0. The standard InChI is InChI=1S/C3H7N2O2.Na/c1-3(2)4-5(6)7;/h3H,1-2H3;/q-1;+1. The largest absolute Gasteiger partial charge is 1.00 e. The minimum absolute atomic E-state index is 0. The molecule has 0 saturated carbocycles. The van der Waals surface area contributed by atoms with Crippen LogP contribution in [-0.2, 0) is 0 Å². The van der Waals surface area contributed by atoms with Crippen LogP contribution in [0.5, 0.6) is 0 Å². The summed E-state index contributed by atoms with van der Waals surface area (Å²) in [5.41, 5.74) is 3.00. The van der Waals surface area contributed by atoms with E-state index in [1.54, 1.807) is 13.8 Å². The van der Waals surface area contributed by atoms with Gasteiger partial charge in [0, 0.05) is 0 Å². The average molecular weight is 126 g/mol. The maximum absolute atomic E-state index is 9.45. The van der Waals surface area contributed by atoms with Gasteiger partial charge in [0.15, 0.2) is 0 Å². The molecule has 4 nitrogen and oxygen atoms in total. The van der Waals surface area contributed by atoms with Crippen LogP contribution in [0.2, 0.25) is 0 Å². The summed E-state index contributed by atoms with van der Waals surface area (Å²) in [6.45, 7) is 3.31. The topological polar surface area (TPSA) is 57.2 Å². The van der Waals surface area contributed by atoms with Crippen LogP contribution in [0.15, 0.2) is 0 Å². The summed E-state index contributed by atoms with van der Waals surface area (Å²) < 4.78 is 0.